The van der Waals surface area contributed by atoms with E-state index in [1.54, 1.807) is 53.4 Å². The van der Waals surface area contributed by atoms with E-state index in [2.05, 4.69) is 12.1 Å². The van der Waals surface area contributed by atoms with E-state index in [4.69, 9.17) is 0 Å². The zero-order valence-electron chi connectivity index (χ0n) is 23.6. The van der Waals surface area contributed by atoms with E-state index in [9.17, 15) is 18.3 Å². The summed E-state index contributed by atoms with van der Waals surface area (Å²) in [6.45, 7) is 6.94. The maximum Gasteiger partial charge on any atom is 0.264 e. The van der Waals surface area contributed by atoms with Crippen molar-refractivity contribution >= 4 is 43.4 Å². The summed E-state index contributed by atoms with van der Waals surface area (Å²) in [7, 11) is -4.02. The Morgan fingerprint density at radius 3 is 1.88 bits per heavy atom. The van der Waals surface area contributed by atoms with Gasteiger partial charge < -0.3 is 14.6 Å². The molecule has 0 aliphatic rings. The molecule has 1 heterocycles. The van der Waals surface area contributed by atoms with Gasteiger partial charge in [-0.3, -0.25) is 9.10 Å². The molecular formula is C33H35N3O4S. The monoisotopic (exact) mass is 569 g/mol. The number of amides is 1. The molecule has 1 unspecified atom stereocenters. The van der Waals surface area contributed by atoms with Gasteiger partial charge >= 0.3 is 0 Å². The van der Waals surface area contributed by atoms with E-state index in [0.29, 0.717) is 24.3 Å². The number of anilines is 1. The number of aliphatic hydroxyl groups excluding tert-OH is 1. The summed E-state index contributed by atoms with van der Waals surface area (Å²) in [5.74, 6) is -0.110. The van der Waals surface area contributed by atoms with E-state index >= 15 is 0 Å². The Morgan fingerprint density at radius 2 is 1.34 bits per heavy atom. The number of nitrogens with zero attached hydrogens (tertiary/aromatic N) is 3. The normalized spacial score (nSPS) is 12.5. The fourth-order valence-electron chi connectivity index (χ4n) is 5.30. The zero-order chi connectivity index (χ0) is 29.1. The largest absolute Gasteiger partial charge is 0.389 e. The van der Waals surface area contributed by atoms with Crippen LogP contribution in [0.5, 0.6) is 0 Å². The predicted octanol–water partition coefficient (Wildman–Crippen LogP) is 5.84. The molecule has 5 rings (SSSR count). The van der Waals surface area contributed by atoms with Crippen molar-refractivity contribution in [2.24, 2.45) is 0 Å². The van der Waals surface area contributed by atoms with Gasteiger partial charge in [0, 0.05) is 40.5 Å². The first-order valence-corrected chi connectivity index (χ1v) is 15.3. The van der Waals surface area contributed by atoms with Crippen LogP contribution in [0.25, 0.3) is 21.8 Å². The van der Waals surface area contributed by atoms with Gasteiger partial charge in [-0.2, -0.15) is 0 Å². The smallest absolute Gasteiger partial charge is 0.264 e. The summed E-state index contributed by atoms with van der Waals surface area (Å²) in [5, 5.41) is 13.6. The van der Waals surface area contributed by atoms with Gasteiger partial charge in [0.1, 0.15) is 0 Å². The average Bonchev–Trinajstić information content (AvgIpc) is 3.30. The molecule has 5 aromatic rings. The van der Waals surface area contributed by atoms with E-state index in [1.807, 2.05) is 61.7 Å². The number of carbonyl (C=O) groups is 1. The summed E-state index contributed by atoms with van der Waals surface area (Å²) in [6, 6.07) is 29.2. The van der Waals surface area contributed by atoms with Crippen molar-refractivity contribution in [2.45, 2.75) is 38.3 Å². The molecule has 0 radical (unpaired) electrons. The number of aromatic nitrogens is 1. The zero-order valence-corrected chi connectivity index (χ0v) is 24.4. The van der Waals surface area contributed by atoms with Crippen LogP contribution in [0.2, 0.25) is 0 Å². The third-order valence-electron chi connectivity index (χ3n) is 7.51. The molecule has 1 atom stereocenters. The van der Waals surface area contributed by atoms with Crippen molar-refractivity contribution in [3.8, 4) is 0 Å². The fraction of sp³-hybridized carbons (Fsp3) is 0.242. The summed E-state index contributed by atoms with van der Waals surface area (Å²) < 4.78 is 31.2. The molecule has 1 amide bonds. The fourth-order valence-corrected chi connectivity index (χ4v) is 6.81. The number of aliphatic hydroxyl groups is 1. The Kier molecular flexibility index (Phi) is 8.15. The van der Waals surface area contributed by atoms with Crippen LogP contribution in [-0.4, -0.2) is 54.6 Å². The van der Waals surface area contributed by atoms with Gasteiger partial charge in [0.05, 0.1) is 29.8 Å². The van der Waals surface area contributed by atoms with E-state index in [1.165, 1.54) is 4.31 Å². The van der Waals surface area contributed by atoms with E-state index < -0.39 is 16.1 Å². The number of sulfonamides is 1. The van der Waals surface area contributed by atoms with Gasteiger partial charge in [-0.05, 0) is 69.3 Å². The lowest BCUT2D eigenvalue weighted by Gasteiger charge is -2.28. The SMILES string of the molecule is CCN(CC)C(=O)c1ccc(N(CC(O)Cn2c3ccccc3c3ccccc32)S(=O)(=O)c2ccc(C)cc2)cc1. The molecule has 8 heteroatoms. The second kappa shape index (κ2) is 11.8. The molecule has 7 nitrogen and oxygen atoms in total. The van der Waals surface area contributed by atoms with Crippen LogP contribution in [0.4, 0.5) is 5.69 Å². The van der Waals surface area contributed by atoms with Crippen molar-refractivity contribution in [1.29, 1.82) is 0 Å². The van der Waals surface area contributed by atoms with Gasteiger partial charge in [0.15, 0.2) is 0 Å². The van der Waals surface area contributed by atoms with Crippen LogP contribution in [0.15, 0.2) is 102 Å². The first-order valence-electron chi connectivity index (χ1n) is 13.9. The molecule has 212 valence electrons. The Labute approximate surface area is 241 Å². The number of aryl methyl sites for hydroxylation is 1. The molecule has 41 heavy (non-hydrogen) atoms. The van der Waals surface area contributed by atoms with Crippen LogP contribution < -0.4 is 4.31 Å². The van der Waals surface area contributed by atoms with Gasteiger partial charge in [-0.1, -0.05) is 54.1 Å². The number of benzene rings is 4. The third-order valence-corrected chi connectivity index (χ3v) is 9.32. The van der Waals surface area contributed by atoms with E-state index in [-0.39, 0.29) is 23.9 Å². The van der Waals surface area contributed by atoms with Crippen LogP contribution in [0, 0.1) is 6.92 Å². The molecule has 0 aliphatic heterocycles. The van der Waals surface area contributed by atoms with E-state index in [0.717, 1.165) is 27.4 Å². The lowest BCUT2D eigenvalue weighted by molar-refractivity contribution is 0.0773. The minimum Gasteiger partial charge on any atom is -0.389 e. The molecule has 0 fully saturated rings. The summed E-state index contributed by atoms with van der Waals surface area (Å²) in [5.41, 5.74) is 3.75. The van der Waals surface area contributed by atoms with Crippen LogP contribution >= 0.6 is 0 Å². The maximum atomic E-state index is 14.0. The second-order valence-electron chi connectivity index (χ2n) is 10.2. The molecule has 0 bridgehead atoms. The second-order valence-corrected chi connectivity index (χ2v) is 12.0. The topological polar surface area (TPSA) is 82.8 Å². The summed E-state index contributed by atoms with van der Waals surface area (Å²) >= 11 is 0. The van der Waals surface area contributed by atoms with Gasteiger partial charge in [0.25, 0.3) is 15.9 Å². The first-order chi connectivity index (χ1) is 19.7. The number of rotatable bonds is 10. The molecule has 0 saturated heterocycles. The van der Waals surface area contributed by atoms with Crippen molar-refractivity contribution in [3.05, 3.63) is 108 Å². The first kappa shape index (κ1) is 28.4. The molecule has 1 N–H and O–H groups in total. The van der Waals surface area contributed by atoms with Crippen LogP contribution in [0.3, 0.4) is 0 Å². The molecule has 0 aliphatic carbocycles. The minimum atomic E-state index is -4.02. The number of hydrogen-bond acceptors (Lipinski definition) is 4. The van der Waals surface area contributed by atoms with Crippen molar-refractivity contribution in [2.75, 3.05) is 23.9 Å². The van der Waals surface area contributed by atoms with Crippen molar-refractivity contribution in [1.82, 2.24) is 9.47 Å². The Bertz CT molecular complexity index is 1720. The number of fused-ring (bicyclic) bond motifs is 3. The quantitative estimate of drug-likeness (QED) is 0.229. The highest BCUT2D eigenvalue weighted by atomic mass is 32.2. The van der Waals surface area contributed by atoms with Crippen molar-refractivity contribution in [3.63, 3.8) is 0 Å². The molecular weight excluding hydrogens is 534 g/mol. The summed E-state index contributed by atoms with van der Waals surface area (Å²) in [4.78, 5) is 14.7. The Hall–Kier alpha value is -4.14. The van der Waals surface area contributed by atoms with Crippen LogP contribution in [0.1, 0.15) is 29.8 Å². The molecule has 4 aromatic carbocycles. The van der Waals surface area contributed by atoms with Crippen molar-refractivity contribution < 1.29 is 18.3 Å². The molecule has 0 spiro atoms. The summed E-state index contributed by atoms with van der Waals surface area (Å²) in [6.07, 6.45) is -1.02. The maximum absolute atomic E-state index is 14.0. The van der Waals surface area contributed by atoms with Gasteiger partial charge in [-0.15, -0.1) is 0 Å². The number of hydrogen-bond donors (Lipinski definition) is 1. The predicted molar refractivity (Wildman–Crippen MR) is 165 cm³/mol. The molecule has 1 aromatic heterocycles. The highest BCUT2D eigenvalue weighted by Crippen LogP contribution is 2.30. The van der Waals surface area contributed by atoms with Crippen LogP contribution in [-0.2, 0) is 16.6 Å². The number of para-hydroxylation sites is 2. The highest BCUT2D eigenvalue weighted by molar-refractivity contribution is 7.92. The number of carbonyl (C=O) groups excluding carboxylic acids is 1. The third kappa shape index (κ3) is 5.58. The average molecular weight is 570 g/mol. The highest BCUT2D eigenvalue weighted by Gasteiger charge is 2.28. The Morgan fingerprint density at radius 1 is 0.805 bits per heavy atom. The standard InChI is InChI=1S/C33H35N3O4S/c1-4-34(5-2)33(38)25-16-18-26(19-17-25)36(41(39,40)28-20-14-24(3)15-21-28)23-27(37)22-35-31-12-8-6-10-29(31)30-11-7-9-13-32(30)35/h6-21,27,37H,4-5,22-23H2,1-3H3. The molecule has 0 saturated carbocycles. The van der Waals surface area contributed by atoms with Gasteiger partial charge in [0.2, 0.25) is 0 Å². The lowest BCUT2D eigenvalue weighted by atomic mass is 10.1. The Balaban J connectivity index is 1.51. The minimum absolute atomic E-state index is 0.110. The van der Waals surface area contributed by atoms with Gasteiger partial charge in [-0.25, -0.2) is 8.42 Å². The lowest BCUT2D eigenvalue weighted by Crippen LogP contribution is -2.39.